The summed E-state index contributed by atoms with van der Waals surface area (Å²) in [5.74, 6) is 0.184. The third kappa shape index (κ3) is 6.31. The molecule has 12 heteroatoms. The summed E-state index contributed by atoms with van der Waals surface area (Å²) in [6.45, 7) is 5.87. The van der Waals surface area contributed by atoms with E-state index in [1.807, 2.05) is 6.92 Å². The number of sulfonamides is 1. The molecule has 1 amide bonds. The Balaban J connectivity index is 1.70. The van der Waals surface area contributed by atoms with Gasteiger partial charge in [-0.05, 0) is 44.9 Å². The molecule has 2 heterocycles. The van der Waals surface area contributed by atoms with Gasteiger partial charge in [0.1, 0.15) is 10.6 Å². The van der Waals surface area contributed by atoms with Crippen LogP contribution in [-0.4, -0.2) is 60.8 Å². The summed E-state index contributed by atoms with van der Waals surface area (Å²) in [6.07, 6.45) is 2.72. The molecule has 3 rings (SSSR count). The monoisotopic (exact) mass is 485 g/mol. The van der Waals surface area contributed by atoms with Gasteiger partial charge in [-0.1, -0.05) is 29.5 Å². The zero-order chi connectivity index (χ0) is 22.3. The van der Waals surface area contributed by atoms with Crippen molar-refractivity contribution >= 4 is 49.8 Å². The number of hydrogen-bond donors (Lipinski definition) is 2. The molecule has 1 aliphatic heterocycles. The number of carbonyl (C=O) groups is 1. The van der Waals surface area contributed by atoms with Crippen LogP contribution >= 0.6 is 23.1 Å². The molecule has 170 valence electrons. The van der Waals surface area contributed by atoms with Crippen molar-refractivity contribution < 1.29 is 17.9 Å². The fourth-order valence-corrected chi connectivity index (χ4v) is 6.42. The summed E-state index contributed by atoms with van der Waals surface area (Å²) in [5.41, 5.74) is 0.412. The molecule has 2 N–H and O–H groups in total. The number of nitrogens with zero attached hydrogens (tertiary/aromatic N) is 3. The first-order valence-corrected chi connectivity index (χ1v) is 13.4. The summed E-state index contributed by atoms with van der Waals surface area (Å²) < 4.78 is 34.1. The normalized spacial score (nSPS) is 14.9. The number of carbonyl (C=O) groups excluding carboxylic acids is 1. The van der Waals surface area contributed by atoms with E-state index in [2.05, 4.69) is 20.8 Å². The van der Waals surface area contributed by atoms with Gasteiger partial charge < -0.3 is 15.4 Å². The highest BCUT2D eigenvalue weighted by Gasteiger charge is 2.29. The average molecular weight is 486 g/mol. The lowest BCUT2D eigenvalue weighted by Gasteiger charge is -2.27. The summed E-state index contributed by atoms with van der Waals surface area (Å²) in [6, 6.07) is 4.72. The maximum Gasteiger partial charge on any atom is 0.246 e. The molecule has 1 aromatic carbocycles. The van der Waals surface area contributed by atoms with E-state index in [4.69, 9.17) is 4.74 Å². The van der Waals surface area contributed by atoms with E-state index in [9.17, 15) is 13.2 Å². The van der Waals surface area contributed by atoms with Crippen LogP contribution in [0.1, 0.15) is 33.1 Å². The quantitative estimate of drug-likeness (QED) is 0.493. The van der Waals surface area contributed by atoms with Crippen molar-refractivity contribution in [1.29, 1.82) is 0 Å². The summed E-state index contributed by atoms with van der Waals surface area (Å²) in [5, 5.41) is 14.6. The van der Waals surface area contributed by atoms with E-state index in [1.165, 1.54) is 33.5 Å². The van der Waals surface area contributed by atoms with E-state index in [0.717, 1.165) is 25.8 Å². The molecule has 1 saturated heterocycles. The highest BCUT2D eigenvalue weighted by atomic mass is 32.2. The standard InChI is InChI=1S/C19H27N5O4S3/c1-3-20-18-22-23-19(30-18)29-13-17(25)21-14-8-9-15(28-4-2)16(12-14)31(26,27)24-10-6-5-7-11-24/h8-9,12H,3-7,10-11,13H2,1-2H3,(H,20,22)(H,21,25). The van der Waals surface area contributed by atoms with Gasteiger partial charge in [0, 0.05) is 25.3 Å². The zero-order valence-electron chi connectivity index (χ0n) is 17.6. The molecule has 1 aliphatic rings. The molecular weight excluding hydrogens is 458 g/mol. The molecule has 0 aliphatic carbocycles. The Morgan fingerprint density at radius 3 is 2.71 bits per heavy atom. The molecule has 0 bridgehead atoms. The van der Waals surface area contributed by atoms with Crippen molar-refractivity contribution in [2.75, 3.05) is 42.6 Å². The topological polar surface area (TPSA) is 114 Å². The van der Waals surface area contributed by atoms with Crippen molar-refractivity contribution in [3.8, 4) is 5.75 Å². The number of amides is 1. The Labute approximate surface area is 191 Å². The lowest BCUT2D eigenvalue weighted by atomic mass is 10.2. The molecule has 0 radical (unpaired) electrons. The Bertz CT molecular complexity index is 990. The van der Waals surface area contributed by atoms with Crippen molar-refractivity contribution in [3.63, 3.8) is 0 Å². The van der Waals surface area contributed by atoms with Crippen molar-refractivity contribution in [2.24, 2.45) is 0 Å². The lowest BCUT2D eigenvalue weighted by Crippen LogP contribution is -2.35. The van der Waals surface area contributed by atoms with Gasteiger partial charge in [-0.3, -0.25) is 4.79 Å². The van der Waals surface area contributed by atoms with Gasteiger partial charge in [-0.25, -0.2) is 8.42 Å². The van der Waals surface area contributed by atoms with Gasteiger partial charge in [0.05, 0.1) is 12.4 Å². The van der Waals surface area contributed by atoms with Gasteiger partial charge in [-0.2, -0.15) is 4.31 Å². The molecule has 0 spiro atoms. The molecule has 31 heavy (non-hydrogen) atoms. The zero-order valence-corrected chi connectivity index (χ0v) is 20.0. The molecule has 0 saturated carbocycles. The molecular formula is C19H27N5O4S3. The van der Waals surface area contributed by atoms with Crippen LogP contribution in [0.25, 0.3) is 0 Å². The van der Waals surface area contributed by atoms with Crippen LogP contribution in [-0.2, 0) is 14.8 Å². The first kappa shape index (κ1) is 23.8. The number of anilines is 2. The highest BCUT2D eigenvalue weighted by molar-refractivity contribution is 8.01. The van der Waals surface area contributed by atoms with Crippen LogP contribution < -0.4 is 15.4 Å². The van der Waals surface area contributed by atoms with Crippen LogP contribution in [0.2, 0.25) is 0 Å². The first-order chi connectivity index (χ1) is 14.9. The predicted octanol–water partition coefficient (Wildman–Crippen LogP) is 3.27. The van der Waals surface area contributed by atoms with Gasteiger partial charge in [0.25, 0.3) is 0 Å². The van der Waals surface area contributed by atoms with E-state index < -0.39 is 10.0 Å². The maximum atomic E-state index is 13.2. The number of ether oxygens (including phenoxy) is 1. The molecule has 9 nitrogen and oxygen atoms in total. The first-order valence-electron chi connectivity index (χ1n) is 10.2. The summed E-state index contributed by atoms with van der Waals surface area (Å²) in [4.78, 5) is 12.5. The van der Waals surface area contributed by atoms with Gasteiger partial charge >= 0.3 is 0 Å². The SMILES string of the molecule is CCNc1nnc(SCC(=O)Nc2ccc(OCC)c(S(=O)(=O)N3CCCCC3)c2)s1. The van der Waals surface area contributed by atoms with E-state index in [-0.39, 0.29) is 16.6 Å². The third-order valence-electron chi connectivity index (χ3n) is 4.52. The Morgan fingerprint density at radius 2 is 2.00 bits per heavy atom. The van der Waals surface area contributed by atoms with Gasteiger partial charge in [0.15, 0.2) is 4.34 Å². The van der Waals surface area contributed by atoms with E-state index in [1.54, 1.807) is 19.1 Å². The molecule has 2 aromatic rings. The fraction of sp³-hybridized carbons (Fsp3) is 0.526. The second-order valence-electron chi connectivity index (χ2n) is 6.80. The van der Waals surface area contributed by atoms with Gasteiger partial charge in [0.2, 0.25) is 21.1 Å². The summed E-state index contributed by atoms with van der Waals surface area (Å²) in [7, 11) is -3.70. The number of aromatic nitrogens is 2. The summed E-state index contributed by atoms with van der Waals surface area (Å²) >= 11 is 2.66. The highest BCUT2D eigenvalue weighted by Crippen LogP contribution is 2.32. The number of hydrogen-bond acceptors (Lipinski definition) is 9. The minimum Gasteiger partial charge on any atom is -0.492 e. The number of benzene rings is 1. The van der Waals surface area contributed by atoms with E-state index in [0.29, 0.717) is 40.6 Å². The lowest BCUT2D eigenvalue weighted by molar-refractivity contribution is -0.113. The van der Waals surface area contributed by atoms with Crippen LogP contribution in [0, 0.1) is 0 Å². The van der Waals surface area contributed by atoms with E-state index >= 15 is 0 Å². The Morgan fingerprint density at radius 1 is 1.23 bits per heavy atom. The minimum atomic E-state index is -3.70. The van der Waals surface area contributed by atoms with Crippen LogP contribution in [0.3, 0.4) is 0 Å². The smallest absolute Gasteiger partial charge is 0.246 e. The fourth-order valence-electron chi connectivity index (χ4n) is 3.12. The molecule has 1 aromatic heterocycles. The predicted molar refractivity (Wildman–Crippen MR) is 124 cm³/mol. The largest absolute Gasteiger partial charge is 0.492 e. The number of piperidine rings is 1. The second-order valence-corrected chi connectivity index (χ2v) is 10.9. The van der Waals surface area contributed by atoms with Crippen molar-refractivity contribution in [3.05, 3.63) is 18.2 Å². The van der Waals surface area contributed by atoms with Crippen LogP contribution in [0.5, 0.6) is 5.75 Å². The average Bonchev–Trinajstić information content (AvgIpc) is 3.22. The molecule has 1 fully saturated rings. The van der Waals surface area contributed by atoms with Crippen LogP contribution in [0.15, 0.2) is 27.4 Å². The van der Waals surface area contributed by atoms with Crippen molar-refractivity contribution in [1.82, 2.24) is 14.5 Å². The number of nitrogens with one attached hydrogen (secondary N) is 2. The second kappa shape index (κ2) is 11.1. The molecule has 0 atom stereocenters. The maximum absolute atomic E-state index is 13.2. The Kier molecular flexibility index (Phi) is 8.52. The molecule has 0 unspecified atom stereocenters. The minimum absolute atomic E-state index is 0.0844. The van der Waals surface area contributed by atoms with Gasteiger partial charge in [-0.15, -0.1) is 10.2 Å². The van der Waals surface area contributed by atoms with Crippen LogP contribution in [0.4, 0.5) is 10.8 Å². The number of thioether (sulfide) groups is 1. The third-order valence-corrected chi connectivity index (χ3v) is 8.46. The Hall–Kier alpha value is -1.89. The van der Waals surface area contributed by atoms with Crippen molar-refractivity contribution in [2.45, 2.75) is 42.3 Å². The number of rotatable bonds is 10.